The third-order valence-electron chi connectivity index (χ3n) is 4.97. The molecule has 0 fully saturated rings. The summed E-state index contributed by atoms with van der Waals surface area (Å²) in [7, 11) is 0. The fourth-order valence-corrected chi connectivity index (χ4v) is 4.37. The Morgan fingerprint density at radius 3 is 2.71 bits per heavy atom. The molecular weight excluding hydrogens is 427 g/mol. The zero-order chi connectivity index (χ0) is 22.0. The first-order valence-electron chi connectivity index (χ1n) is 9.47. The highest BCUT2D eigenvalue weighted by Crippen LogP contribution is 2.38. The van der Waals surface area contributed by atoms with E-state index in [0.717, 1.165) is 5.69 Å². The zero-order valence-corrected chi connectivity index (χ0v) is 17.0. The van der Waals surface area contributed by atoms with Crippen molar-refractivity contribution in [3.8, 4) is 11.6 Å². The van der Waals surface area contributed by atoms with E-state index in [4.69, 9.17) is 9.84 Å². The van der Waals surface area contributed by atoms with Crippen molar-refractivity contribution < 1.29 is 27.8 Å². The smallest absolute Gasteiger partial charge is 0.325 e. The van der Waals surface area contributed by atoms with Crippen LogP contribution in [0.3, 0.4) is 0 Å². The molecule has 0 amide bonds. The summed E-state index contributed by atoms with van der Waals surface area (Å²) in [5, 5.41) is 13.2. The van der Waals surface area contributed by atoms with Crippen LogP contribution in [0.25, 0.3) is 0 Å². The molecule has 0 spiro atoms. The monoisotopic (exact) mass is 445 g/mol. The predicted octanol–water partition coefficient (Wildman–Crippen LogP) is 2.97. The maximum Gasteiger partial charge on any atom is 0.325 e. The van der Waals surface area contributed by atoms with Gasteiger partial charge in [0, 0.05) is 28.6 Å². The second-order valence-electron chi connectivity index (χ2n) is 6.96. The molecule has 1 aromatic carbocycles. The minimum Gasteiger partial charge on any atom is -0.755 e. The normalized spacial score (nSPS) is 16.4. The number of carboxylic acid groups (broad SMARTS) is 1. The van der Waals surface area contributed by atoms with Gasteiger partial charge in [-0.25, -0.2) is 9.37 Å². The number of rotatable bonds is 7. The molecule has 1 aliphatic carbocycles. The van der Waals surface area contributed by atoms with Crippen molar-refractivity contribution in [2.75, 3.05) is 4.31 Å². The molecule has 2 atom stereocenters. The average Bonchev–Trinajstić information content (AvgIpc) is 3.14. The SMILES string of the molecule is O=C(O)Cn1ncc2c1CCCC2N(c1ccc(Oc2ccc(F)cc2)nc1)S(=O)[O-]. The highest BCUT2D eigenvalue weighted by molar-refractivity contribution is 7.80. The minimum absolute atomic E-state index is 0.227. The van der Waals surface area contributed by atoms with Gasteiger partial charge in [-0.2, -0.15) is 5.10 Å². The van der Waals surface area contributed by atoms with Crippen molar-refractivity contribution in [2.24, 2.45) is 0 Å². The number of halogens is 1. The largest absolute Gasteiger partial charge is 0.755 e. The molecule has 4 rings (SSSR count). The average molecular weight is 445 g/mol. The third-order valence-corrected chi connectivity index (χ3v) is 5.76. The van der Waals surface area contributed by atoms with Crippen molar-refractivity contribution in [2.45, 2.75) is 31.8 Å². The lowest BCUT2D eigenvalue weighted by Crippen LogP contribution is -2.33. The summed E-state index contributed by atoms with van der Waals surface area (Å²) in [5.41, 5.74) is 1.74. The lowest BCUT2D eigenvalue weighted by Gasteiger charge is -2.36. The van der Waals surface area contributed by atoms with Crippen molar-refractivity contribution in [3.63, 3.8) is 0 Å². The number of aromatic nitrogens is 3. The molecule has 0 radical (unpaired) electrons. The van der Waals surface area contributed by atoms with Gasteiger partial charge in [-0.3, -0.25) is 18.0 Å². The number of carboxylic acids is 1. The van der Waals surface area contributed by atoms with Gasteiger partial charge < -0.3 is 14.4 Å². The number of nitrogens with zero attached hydrogens (tertiary/aromatic N) is 4. The van der Waals surface area contributed by atoms with Crippen LogP contribution in [0.5, 0.6) is 11.6 Å². The Kier molecular flexibility index (Phi) is 5.96. The first kappa shape index (κ1) is 20.9. The van der Waals surface area contributed by atoms with E-state index < -0.39 is 23.3 Å². The van der Waals surface area contributed by atoms with Gasteiger partial charge in [-0.1, -0.05) is 0 Å². The third kappa shape index (κ3) is 4.57. The van der Waals surface area contributed by atoms with E-state index in [9.17, 15) is 17.9 Å². The highest BCUT2D eigenvalue weighted by atomic mass is 32.2. The Hall–Kier alpha value is -3.31. The van der Waals surface area contributed by atoms with E-state index >= 15 is 0 Å². The van der Waals surface area contributed by atoms with Gasteiger partial charge in [-0.15, -0.1) is 0 Å². The molecule has 9 nitrogen and oxygen atoms in total. The van der Waals surface area contributed by atoms with E-state index in [1.54, 1.807) is 6.07 Å². The molecule has 31 heavy (non-hydrogen) atoms. The van der Waals surface area contributed by atoms with Gasteiger partial charge in [0.05, 0.1) is 24.1 Å². The number of pyridine rings is 1. The maximum absolute atomic E-state index is 13.0. The maximum atomic E-state index is 13.0. The molecule has 3 aromatic rings. The Bertz CT molecular complexity index is 1100. The predicted molar refractivity (Wildman–Crippen MR) is 108 cm³/mol. The van der Waals surface area contributed by atoms with Gasteiger partial charge in [0.1, 0.15) is 18.1 Å². The topological polar surface area (TPSA) is 121 Å². The molecule has 2 heterocycles. The van der Waals surface area contributed by atoms with E-state index in [0.29, 0.717) is 36.3 Å². The molecule has 0 bridgehead atoms. The summed E-state index contributed by atoms with van der Waals surface area (Å²) >= 11 is -2.60. The Balaban J connectivity index is 1.59. The van der Waals surface area contributed by atoms with Crippen LogP contribution in [-0.4, -0.2) is 34.6 Å². The number of carbonyl (C=O) groups is 1. The molecular formula is C20H18FN4O5S-. The molecule has 2 unspecified atom stereocenters. The van der Waals surface area contributed by atoms with Crippen LogP contribution < -0.4 is 9.04 Å². The van der Waals surface area contributed by atoms with E-state index in [-0.39, 0.29) is 18.2 Å². The summed E-state index contributed by atoms with van der Waals surface area (Å²) in [6, 6.07) is 8.02. The quantitative estimate of drug-likeness (QED) is 0.555. The Morgan fingerprint density at radius 1 is 1.29 bits per heavy atom. The minimum atomic E-state index is -2.60. The number of aliphatic carboxylic acids is 1. The lowest BCUT2D eigenvalue weighted by atomic mass is 9.92. The van der Waals surface area contributed by atoms with Crippen LogP contribution >= 0.6 is 0 Å². The first-order chi connectivity index (χ1) is 14.9. The van der Waals surface area contributed by atoms with Gasteiger partial charge >= 0.3 is 5.97 Å². The van der Waals surface area contributed by atoms with Crippen molar-refractivity contribution in [1.82, 2.24) is 14.8 Å². The standard InChI is InChI=1S/C20H19FN4O5S/c21-13-4-7-15(8-5-13)30-19-9-6-14(10-22-19)25(31(28)29)18-3-1-2-17-16(18)11-23-24(17)12-20(26)27/h4-11,18H,1-3,12H2,(H,26,27)(H,28,29)/p-1. The molecule has 162 valence electrons. The second kappa shape index (κ2) is 8.82. The van der Waals surface area contributed by atoms with Gasteiger partial charge in [0.25, 0.3) is 0 Å². The van der Waals surface area contributed by atoms with Gasteiger partial charge in [0.2, 0.25) is 5.88 Å². The summed E-state index contributed by atoms with van der Waals surface area (Å²) in [4.78, 5) is 15.2. The molecule has 1 N–H and O–H groups in total. The Morgan fingerprint density at radius 2 is 2.06 bits per heavy atom. The summed E-state index contributed by atoms with van der Waals surface area (Å²) in [5.74, 6) is -0.778. The van der Waals surface area contributed by atoms with Crippen LogP contribution in [0, 0.1) is 5.82 Å². The van der Waals surface area contributed by atoms with E-state index in [1.165, 1.54) is 51.7 Å². The molecule has 0 saturated carbocycles. The van der Waals surface area contributed by atoms with Crippen LogP contribution in [0.1, 0.15) is 30.1 Å². The summed E-state index contributed by atoms with van der Waals surface area (Å²) in [6.07, 6.45) is 4.79. The van der Waals surface area contributed by atoms with Crippen LogP contribution in [-0.2, 0) is 29.0 Å². The van der Waals surface area contributed by atoms with Crippen molar-refractivity contribution >= 4 is 22.9 Å². The molecule has 0 aliphatic heterocycles. The van der Waals surface area contributed by atoms with E-state index in [1.807, 2.05) is 0 Å². The molecule has 0 saturated heterocycles. The Labute approximate surface area is 179 Å². The fraction of sp³-hybridized carbons (Fsp3) is 0.250. The van der Waals surface area contributed by atoms with Gasteiger partial charge in [-0.05, 0) is 49.6 Å². The number of hydrogen-bond acceptors (Lipinski definition) is 6. The fourth-order valence-electron chi connectivity index (χ4n) is 3.66. The first-order valence-corrected chi connectivity index (χ1v) is 10.5. The number of hydrogen-bond donors (Lipinski definition) is 1. The highest BCUT2D eigenvalue weighted by Gasteiger charge is 2.30. The van der Waals surface area contributed by atoms with Crippen molar-refractivity contribution in [3.05, 3.63) is 65.9 Å². The van der Waals surface area contributed by atoms with Crippen LogP contribution in [0.2, 0.25) is 0 Å². The number of anilines is 1. The molecule has 1 aliphatic rings. The van der Waals surface area contributed by atoms with Crippen LogP contribution in [0.4, 0.5) is 10.1 Å². The van der Waals surface area contributed by atoms with E-state index in [2.05, 4.69) is 10.1 Å². The van der Waals surface area contributed by atoms with Crippen LogP contribution in [0.15, 0.2) is 48.8 Å². The van der Waals surface area contributed by atoms with Gasteiger partial charge in [0.15, 0.2) is 0 Å². The lowest BCUT2D eigenvalue weighted by molar-refractivity contribution is -0.137. The summed E-state index contributed by atoms with van der Waals surface area (Å²) in [6.45, 7) is -0.278. The van der Waals surface area contributed by atoms with Crippen molar-refractivity contribution in [1.29, 1.82) is 0 Å². The number of fused-ring (bicyclic) bond motifs is 1. The molecule has 11 heteroatoms. The second-order valence-corrected chi connectivity index (χ2v) is 7.79. The zero-order valence-electron chi connectivity index (χ0n) is 16.2. The summed E-state index contributed by atoms with van der Waals surface area (Å²) < 4.78 is 45.4. The number of benzene rings is 1. The molecule has 2 aromatic heterocycles. The number of ether oxygens (including phenoxy) is 1.